The zero-order valence-corrected chi connectivity index (χ0v) is 19.4. The quantitative estimate of drug-likeness (QED) is 0.424. The highest BCUT2D eigenvalue weighted by Gasteiger charge is 2.25. The maximum Gasteiger partial charge on any atom is 0.329 e. The van der Waals surface area contributed by atoms with Crippen LogP contribution in [-0.4, -0.2) is 34.1 Å². The summed E-state index contributed by atoms with van der Waals surface area (Å²) in [4.78, 5) is 10.6. The summed E-state index contributed by atoms with van der Waals surface area (Å²) >= 11 is 6.08. The number of aliphatic carboxylic acids is 1. The molecule has 4 rings (SSSR count). The topological polar surface area (TPSA) is 64.4 Å². The molecule has 33 heavy (non-hydrogen) atoms. The van der Waals surface area contributed by atoms with Crippen LogP contribution in [0.2, 0.25) is 5.02 Å². The first-order chi connectivity index (χ1) is 15.9. The number of nitrogens with zero attached hydrogens (tertiary/aromatic N) is 2. The minimum absolute atomic E-state index is 0.0853. The van der Waals surface area contributed by atoms with Crippen LogP contribution in [0.5, 0.6) is 0 Å². The third-order valence-electron chi connectivity index (χ3n) is 6.45. The van der Waals surface area contributed by atoms with E-state index in [9.17, 15) is 9.18 Å². The van der Waals surface area contributed by atoms with Gasteiger partial charge in [0.2, 0.25) is 0 Å². The van der Waals surface area contributed by atoms with E-state index in [2.05, 4.69) is 0 Å². The van der Waals surface area contributed by atoms with E-state index in [4.69, 9.17) is 26.5 Å². The van der Waals surface area contributed by atoms with E-state index < -0.39 is 11.8 Å². The molecular formula is C26H28ClFN2O3. The van der Waals surface area contributed by atoms with Crippen LogP contribution in [0.1, 0.15) is 31.4 Å². The highest BCUT2D eigenvalue weighted by Crippen LogP contribution is 2.38. The summed E-state index contributed by atoms with van der Waals surface area (Å²) in [6, 6.07) is 15.0. The fraction of sp³-hybridized carbons (Fsp3) is 0.385. The average Bonchev–Trinajstić information content (AvgIpc) is 3.13. The van der Waals surface area contributed by atoms with Crippen LogP contribution < -0.4 is 0 Å². The second kappa shape index (κ2) is 10.5. The van der Waals surface area contributed by atoms with Crippen molar-refractivity contribution in [1.29, 1.82) is 0 Å². The van der Waals surface area contributed by atoms with E-state index in [1.165, 1.54) is 0 Å². The third-order valence-corrected chi connectivity index (χ3v) is 6.74. The smallest absolute Gasteiger partial charge is 0.329 e. The molecule has 1 saturated carbocycles. The molecule has 0 spiro atoms. The van der Waals surface area contributed by atoms with Crippen molar-refractivity contribution in [1.82, 2.24) is 9.78 Å². The number of carboxylic acids is 1. The first-order valence-corrected chi connectivity index (χ1v) is 11.7. The number of carboxylic acid groups (broad SMARTS) is 1. The van der Waals surface area contributed by atoms with E-state index in [0.29, 0.717) is 29.7 Å². The van der Waals surface area contributed by atoms with Gasteiger partial charge in [-0.25, -0.2) is 9.18 Å². The van der Waals surface area contributed by atoms with E-state index in [0.717, 1.165) is 49.0 Å². The Kier molecular flexibility index (Phi) is 7.46. The molecule has 1 heterocycles. The SMILES string of the molecule is Cc1c(-c2ccccc2)c(-c2cccc(Cl)c2F)nn1C[C@H]1CC[C@H](COCC(=O)O)CC1. The number of carbonyl (C=O) groups is 1. The van der Waals surface area contributed by atoms with Crippen LogP contribution in [0.3, 0.4) is 0 Å². The van der Waals surface area contributed by atoms with Gasteiger partial charge < -0.3 is 9.84 Å². The van der Waals surface area contributed by atoms with Crippen LogP contribution in [-0.2, 0) is 16.1 Å². The Bertz CT molecular complexity index is 1110. The number of benzene rings is 2. The zero-order valence-electron chi connectivity index (χ0n) is 18.6. The molecular weight excluding hydrogens is 443 g/mol. The van der Waals surface area contributed by atoms with Gasteiger partial charge in [-0.2, -0.15) is 5.10 Å². The molecule has 0 amide bonds. The van der Waals surface area contributed by atoms with E-state index in [1.54, 1.807) is 18.2 Å². The summed E-state index contributed by atoms with van der Waals surface area (Å²) in [5.74, 6) is -0.530. The van der Waals surface area contributed by atoms with Crippen molar-refractivity contribution >= 4 is 17.6 Å². The maximum absolute atomic E-state index is 14.9. The molecule has 7 heteroatoms. The Balaban J connectivity index is 1.56. The fourth-order valence-corrected chi connectivity index (χ4v) is 4.86. The molecule has 1 fully saturated rings. The molecule has 174 valence electrons. The molecule has 0 saturated heterocycles. The van der Waals surface area contributed by atoms with Crippen molar-refractivity contribution in [2.24, 2.45) is 11.8 Å². The van der Waals surface area contributed by atoms with E-state index in [1.807, 2.05) is 41.9 Å². The van der Waals surface area contributed by atoms with Gasteiger partial charge in [0.25, 0.3) is 0 Å². The Morgan fingerprint density at radius 3 is 2.52 bits per heavy atom. The number of ether oxygens (including phenoxy) is 1. The highest BCUT2D eigenvalue weighted by molar-refractivity contribution is 6.31. The van der Waals surface area contributed by atoms with Gasteiger partial charge in [0.15, 0.2) is 5.82 Å². The molecule has 0 bridgehead atoms. The van der Waals surface area contributed by atoms with Crippen molar-refractivity contribution in [3.8, 4) is 22.4 Å². The lowest BCUT2D eigenvalue weighted by atomic mass is 9.82. The van der Waals surface area contributed by atoms with Crippen LogP contribution in [0.25, 0.3) is 22.4 Å². The molecule has 0 atom stereocenters. The maximum atomic E-state index is 14.9. The van der Waals surface area contributed by atoms with Gasteiger partial charge in [-0.1, -0.05) is 48.0 Å². The highest BCUT2D eigenvalue weighted by atomic mass is 35.5. The lowest BCUT2D eigenvalue weighted by Crippen LogP contribution is -2.23. The number of rotatable bonds is 8. The Hall–Kier alpha value is -2.70. The Labute approximate surface area is 198 Å². The number of halogens is 2. The minimum Gasteiger partial charge on any atom is -0.480 e. The first kappa shape index (κ1) is 23.5. The van der Waals surface area contributed by atoms with Crippen molar-refractivity contribution in [3.05, 3.63) is 65.1 Å². The van der Waals surface area contributed by atoms with Gasteiger partial charge in [0.1, 0.15) is 12.3 Å². The van der Waals surface area contributed by atoms with Crippen molar-refractivity contribution < 1.29 is 19.0 Å². The molecule has 0 aliphatic heterocycles. The Morgan fingerprint density at radius 1 is 1.12 bits per heavy atom. The molecule has 1 aliphatic carbocycles. The van der Waals surface area contributed by atoms with Gasteiger partial charge in [-0.3, -0.25) is 4.68 Å². The fourth-order valence-electron chi connectivity index (χ4n) is 4.69. The summed E-state index contributed by atoms with van der Waals surface area (Å²) in [6.45, 7) is 3.05. The monoisotopic (exact) mass is 470 g/mol. The zero-order chi connectivity index (χ0) is 23.4. The summed E-state index contributed by atoms with van der Waals surface area (Å²) in [5.41, 5.74) is 3.93. The largest absolute Gasteiger partial charge is 0.480 e. The number of hydrogen-bond donors (Lipinski definition) is 1. The molecule has 5 nitrogen and oxygen atoms in total. The molecule has 0 unspecified atom stereocenters. The standard InChI is InChI=1S/C26H28ClFN2O3/c1-17-24(20-6-3-2-4-7-20)26(21-8-5-9-22(27)25(21)28)29-30(17)14-18-10-12-19(13-11-18)15-33-16-23(31)32/h2-9,18-19H,10-16H2,1H3,(H,31,32)/t18-,19-. The summed E-state index contributed by atoms with van der Waals surface area (Å²) < 4.78 is 22.2. The Morgan fingerprint density at radius 2 is 1.82 bits per heavy atom. The first-order valence-electron chi connectivity index (χ1n) is 11.3. The molecule has 1 N–H and O–H groups in total. The van der Waals surface area contributed by atoms with Gasteiger partial charge in [0.05, 0.1) is 11.6 Å². The predicted octanol–water partition coefficient (Wildman–Crippen LogP) is 6.23. The van der Waals surface area contributed by atoms with Crippen LogP contribution >= 0.6 is 11.6 Å². The minimum atomic E-state index is -0.931. The lowest BCUT2D eigenvalue weighted by Gasteiger charge is -2.28. The van der Waals surface area contributed by atoms with Crippen LogP contribution in [0.15, 0.2) is 48.5 Å². The predicted molar refractivity (Wildman–Crippen MR) is 127 cm³/mol. The van der Waals surface area contributed by atoms with E-state index in [-0.39, 0.29) is 11.6 Å². The number of hydrogen-bond acceptors (Lipinski definition) is 3. The molecule has 2 aromatic carbocycles. The van der Waals surface area contributed by atoms with Gasteiger partial charge in [0, 0.05) is 23.4 Å². The second-order valence-electron chi connectivity index (χ2n) is 8.75. The van der Waals surface area contributed by atoms with E-state index >= 15 is 0 Å². The van der Waals surface area contributed by atoms with Crippen molar-refractivity contribution in [3.63, 3.8) is 0 Å². The molecule has 1 aromatic heterocycles. The van der Waals surface area contributed by atoms with Crippen molar-refractivity contribution in [2.45, 2.75) is 39.2 Å². The summed E-state index contributed by atoms with van der Waals surface area (Å²) in [6.07, 6.45) is 4.07. The molecule has 3 aromatic rings. The number of aromatic nitrogens is 2. The second-order valence-corrected chi connectivity index (χ2v) is 9.16. The lowest BCUT2D eigenvalue weighted by molar-refractivity contribution is -0.142. The summed E-state index contributed by atoms with van der Waals surface area (Å²) in [5, 5.41) is 13.7. The average molecular weight is 471 g/mol. The van der Waals surface area contributed by atoms with Crippen LogP contribution in [0.4, 0.5) is 4.39 Å². The van der Waals surface area contributed by atoms with Gasteiger partial charge in [-0.15, -0.1) is 0 Å². The third kappa shape index (κ3) is 5.45. The van der Waals surface area contributed by atoms with Gasteiger partial charge in [-0.05, 0) is 62.1 Å². The molecule has 1 aliphatic rings. The van der Waals surface area contributed by atoms with Gasteiger partial charge >= 0.3 is 5.97 Å². The molecule has 0 radical (unpaired) electrons. The summed E-state index contributed by atoms with van der Waals surface area (Å²) in [7, 11) is 0. The van der Waals surface area contributed by atoms with Crippen LogP contribution in [0, 0.1) is 24.6 Å². The normalized spacial score (nSPS) is 18.4. The van der Waals surface area contributed by atoms with Crippen molar-refractivity contribution in [2.75, 3.05) is 13.2 Å².